The topological polar surface area (TPSA) is 24.9 Å². The second-order valence-corrected chi connectivity index (χ2v) is 24.4. The molecule has 96 heavy (non-hydrogen) atoms. The summed E-state index contributed by atoms with van der Waals surface area (Å²) >= 11 is 0. The van der Waals surface area contributed by atoms with E-state index in [9.17, 15) is 0 Å². The van der Waals surface area contributed by atoms with Gasteiger partial charge in [0, 0.05) is 11.1 Å². The van der Waals surface area contributed by atoms with E-state index in [4.69, 9.17) is 9.47 Å². The maximum atomic E-state index is 6.81. The molecule has 18 rings (SSSR count). The van der Waals surface area contributed by atoms with Crippen molar-refractivity contribution in [3.63, 3.8) is 0 Å². The van der Waals surface area contributed by atoms with E-state index < -0.39 is 0 Å². The minimum atomic E-state index is 0.830. The first kappa shape index (κ1) is 57.2. The van der Waals surface area contributed by atoms with Gasteiger partial charge in [-0.3, -0.25) is 0 Å². The minimum Gasteiger partial charge on any atom is -0.453 e. The number of benzene rings is 16. The Labute approximate surface area is 559 Å². The molecular weight excluding hydrogens is 1170 g/mol. The third kappa shape index (κ3) is 11.2. The lowest BCUT2D eigenvalue weighted by Gasteiger charge is -2.34. The molecule has 4 nitrogen and oxygen atoms in total. The van der Waals surface area contributed by atoms with Crippen LogP contribution in [0.2, 0.25) is 0 Å². The summed E-state index contributed by atoms with van der Waals surface area (Å²) in [4.78, 5) is 4.67. The smallest absolute Gasteiger partial charge is 0.152 e. The number of hydrogen-bond donors (Lipinski definition) is 0. The SMILES string of the molecule is c1ccc(-c2ccc(-c3ccc4c(c3)Oc3cc(-c5ccc(-c6ccccc6)cc5)ccc3N4c3ccc4ccccc4c3)cc2)cc1.c1ccc(-c2ccc(-c3ccc4c(c3)Oc3cc(-c5ccc(-c6ccccc6)cc5)ccc3N4c3cccc4ccccc34)cc2)cc1. The van der Waals surface area contributed by atoms with Crippen LogP contribution in [0.15, 0.2) is 376 Å². The van der Waals surface area contributed by atoms with Crippen LogP contribution in [0.4, 0.5) is 34.1 Å². The number of nitrogens with zero attached hydrogens (tertiary/aromatic N) is 2. The van der Waals surface area contributed by atoms with Crippen molar-refractivity contribution in [2.45, 2.75) is 0 Å². The Hall–Kier alpha value is -12.8. The zero-order valence-corrected chi connectivity index (χ0v) is 52.5. The van der Waals surface area contributed by atoms with Gasteiger partial charge in [-0.15, -0.1) is 0 Å². The van der Waals surface area contributed by atoms with E-state index in [0.29, 0.717) is 0 Å². The standard InChI is InChI=1S/2C46H31NO/c1-3-10-32(11-4-1)34-18-22-36(23-19-34)39-26-28-43-45(30-39)48-46-31-40(37-24-20-35(21-25-37)33-12-5-2-6-13-33)27-29-44(46)47(43)42-17-9-15-38-14-7-8-16-41(38)42;1-3-9-32(10-4-1)35-15-19-37(20-16-35)40-24-27-43-45(30-40)48-46-31-41(38-21-17-36(18-22-38)33-11-5-2-6-12-33)25-28-44(46)47(43)42-26-23-34-13-7-8-14-39(34)29-42/h2*1-31H. The van der Waals surface area contributed by atoms with Crippen molar-refractivity contribution >= 4 is 55.7 Å². The van der Waals surface area contributed by atoms with Crippen molar-refractivity contribution in [3.8, 4) is 112 Å². The van der Waals surface area contributed by atoms with Crippen LogP contribution in [0.3, 0.4) is 0 Å². The summed E-state index contributed by atoms with van der Waals surface area (Å²) < 4.78 is 13.6. The molecule has 0 radical (unpaired) electrons. The number of ether oxygens (including phenoxy) is 2. The molecule has 4 heteroatoms. The predicted octanol–water partition coefficient (Wildman–Crippen LogP) is 26.2. The molecule has 0 amide bonds. The fourth-order valence-electron chi connectivity index (χ4n) is 13.5. The van der Waals surface area contributed by atoms with Crippen molar-refractivity contribution in [2.75, 3.05) is 9.80 Å². The summed E-state index contributed by atoms with van der Waals surface area (Å²) in [7, 11) is 0. The van der Waals surface area contributed by atoms with Gasteiger partial charge in [-0.1, -0.05) is 309 Å². The molecule has 0 spiro atoms. The van der Waals surface area contributed by atoms with Crippen LogP contribution in [0.25, 0.3) is 111 Å². The fourth-order valence-corrected chi connectivity index (χ4v) is 13.5. The molecule has 0 bridgehead atoms. The van der Waals surface area contributed by atoms with Gasteiger partial charge in [0.05, 0.1) is 28.4 Å². The van der Waals surface area contributed by atoms with E-state index in [1.54, 1.807) is 0 Å². The fraction of sp³-hybridized carbons (Fsp3) is 0. The Morgan fingerprint density at radius 2 is 0.427 bits per heavy atom. The van der Waals surface area contributed by atoms with Gasteiger partial charge in [-0.05, 0) is 172 Å². The van der Waals surface area contributed by atoms with E-state index in [0.717, 1.165) is 102 Å². The lowest BCUT2D eigenvalue weighted by Crippen LogP contribution is -2.16. The van der Waals surface area contributed by atoms with Crippen LogP contribution in [-0.2, 0) is 0 Å². The van der Waals surface area contributed by atoms with Gasteiger partial charge in [0.15, 0.2) is 23.0 Å². The molecule has 0 saturated carbocycles. The molecule has 16 aromatic rings. The van der Waals surface area contributed by atoms with Crippen LogP contribution in [0, 0.1) is 0 Å². The van der Waals surface area contributed by atoms with Crippen molar-refractivity contribution in [1.82, 2.24) is 0 Å². The molecule has 0 unspecified atom stereocenters. The quantitative estimate of drug-likeness (QED) is 0.136. The number of fused-ring (bicyclic) bond motifs is 6. The Balaban J connectivity index is 0.000000145. The Kier molecular flexibility index (Phi) is 14.9. The average Bonchev–Trinajstić information content (AvgIpc) is 0.777. The first-order valence-electron chi connectivity index (χ1n) is 32.7. The first-order chi connectivity index (χ1) is 47.5. The molecule has 0 saturated heterocycles. The molecule has 0 N–H and O–H groups in total. The summed E-state index contributed by atoms with van der Waals surface area (Å²) in [6, 6.07) is 134. The summed E-state index contributed by atoms with van der Waals surface area (Å²) in [6.45, 7) is 0. The molecule has 0 aliphatic carbocycles. The number of hydrogen-bond acceptors (Lipinski definition) is 4. The van der Waals surface area contributed by atoms with E-state index >= 15 is 0 Å². The van der Waals surface area contributed by atoms with Gasteiger partial charge in [0.1, 0.15) is 0 Å². The molecule has 0 atom stereocenters. The molecular formula is C92H62N2O2. The minimum absolute atomic E-state index is 0.830. The van der Waals surface area contributed by atoms with Crippen molar-refractivity contribution < 1.29 is 9.47 Å². The first-order valence-corrected chi connectivity index (χ1v) is 32.7. The highest BCUT2D eigenvalue weighted by molar-refractivity contribution is 6.02. The lowest BCUT2D eigenvalue weighted by molar-refractivity contribution is 0.477. The van der Waals surface area contributed by atoms with Gasteiger partial charge in [-0.2, -0.15) is 0 Å². The molecule has 0 fully saturated rings. The van der Waals surface area contributed by atoms with Gasteiger partial charge in [-0.25, -0.2) is 0 Å². The normalized spacial score (nSPS) is 11.9. The Bertz CT molecular complexity index is 5210. The second-order valence-electron chi connectivity index (χ2n) is 24.4. The molecule has 452 valence electrons. The largest absolute Gasteiger partial charge is 0.453 e. The maximum Gasteiger partial charge on any atom is 0.152 e. The van der Waals surface area contributed by atoms with Gasteiger partial charge >= 0.3 is 0 Å². The maximum absolute atomic E-state index is 6.81. The van der Waals surface area contributed by atoms with Gasteiger partial charge < -0.3 is 19.3 Å². The van der Waals surface area contributed by atoms with Crippen LogP contribution in [-0.4, -0.2) is 0 Å². The average molecular weight is 1230 g/mol. The zero-order chi connectivity index (χ0) is 63.7. The van der Waals surface area contributed by atoms with E-state index in [1.807, 2.05) is 0 Å². The monoisotopic (exact) mass is 1230 g/mol. The van der Waals surface area contributed by atoms with E-state index in [2.05, 4.69) is 386 Å². The van der Waals surface area contributed by atoms with Crippen molar-refractivity contribution in [3.05, 3.63) is 376 Å². The van der Waals surface area contributed by atoms with Crippen LogP contribution in [0.1, 0.15) is 0 Å². The predicted molar refractivity (Wildman–Crippen MR) is 401 cm³/mol. The van der Waals surface area contributed by atoms with E-state index in [1.165, 1.54) is 66.1 Å². The van der Waals surface area contributed by atoms with Crippen LogP contribution < -0.4 is 19.3 Å². The number of anilines is 6. The summed E-state index contributed by atoms with van der Waals surface area (Å²) in [5.41, 5.74) is 25.0. The highest BCUT2D eigenvalue weighted by Crippen LogP contribution is 2.55. The highest BCUT2D eigenvalue weighted by atomic mass is 16.5. The molecule has 2 heterocycles. The second kappa shape index (κ2) is 25.0. The van der Waals surface area contributed by atoms with Crippen molar-refractivity contribution in [1.29, 1.82) is 0 Å². The lowest BCUT2D eigenvalue weighted by atomic mass is 9.98. The van der Waals surface area contributed by atoms with E-state index in [-0.39, 0.29) is 0 Å². The third-order valence-corrected chi connectivity index (χ3v) is 18.5. The van der Waals surface area contributed by atoms with Crippen molar-refractivity contribution in [2.24, 2.45) is 0 Å². The third-order valence-electron chi connectivity index (χ3n) is 18.5. The van der Waals surface area contributed by atoms with Crippen LogP contribution >= 0.6 is 0 Å². The molecule has 16 aromatic carbocycles. The Morgan fingerprint density at radius 3 is 0.792 bits per heavy atom. The molecule has 0 aromatic heterocycles. The van der Waals surface area contributed by atoms with Gasteiger partial charge in [0.25, 0.3) is 0 Å². The summed E-state index contributed by atoms with van der Waals surface area (Å²) in [5, 5.41) is 4.82. The molecule has 2 aliphatic rings. The Morgan fingerprint density at radius 1 is 0.156 bits per heavy atom. The molecule has 2 aliphatic heterocycles. The highest BCUT2D eigenvalue weighted by Gasteiger charge is 2.30. The summed E-state index contributed by atoms with van der Waals surface area (Å²) in [5.74, 6) is 3.32. The zero-order valence-electron chi connectivity index (χ0n) is 52.5. The van der Waals surface area contributed by atoms with Crippen LogP contribution in [0.5, 0.6) is 23.0 Å². The summed E-state index contributed by atoms with van der Waals surface area (Å²) in [6.07, 6.45) is 0. The van der Waals surface area contributed by atoms with Gasteiger partial charge in [0.2, 0.25) is 0 Å². The number of rotatable bonds is 10.